The van der Waals surface area contributed by atoms with Crippen LogP contribution < -0.4 is 0 Å². The molecule has 128 valence electrons. The number of hydrogen-bond donors (Lipinski definition) is 0. The Bertz CT molecular complexity index is 832. The second kappa shape index (κ2) is 7.14. The minimum atomic E-state index is 0.145. The molecular formula is C18H18N4O2S. The van der Waals surface area contributed by atoms with E-state index in [0.717, 1.165) is 19.4 Å². The highest BCUT2D eigenvalue weighted by atomic mass is 32.1. The first-order valence-corrected chi connectivity index (χ1v) is 9.31. The fraction of sp³-hybridized carbons (Fsp3) is 0.333. The smallest absolute Gasteiger partial charge is 0.227 e. The summed E-state index contributed by atoms with van der Waals surface area (Å²) < 4.78 is 5.26. The maximum atomic E-state index is 12.6. The number of rotatable bonds is 5. The van der Waals surface area contributed by atoms with Gasteiger partial charge in [0.1, 0.15) is 5.69 Å². The number of hydrogen-bond acceptors (Lipinski definition) is 6. The first kappa shape index (κ1) is 16.0. The molecule has 1 amide bonds. The minimum Gasteiger partial charge on any atom is -0.339 e. The van der Waals surface area contributed by atoms with Crippen LogP contribution in [-0.4, -0.2) is 32.5 Å². The van der Waals surface area contributed by atoms with Gasteiger partial charge in [0.25, 0.3) is 0 Å². The van der Waals surface area contributed by atoms with E-state index in [1.54, 1.807) is 17.5 Å². The summed E-state index contributed by atoms with van der Waals surface area (Å²) in [5.74, 6) is 1.08. The third-order valence-electron chi connectivity index (χ3n) is 4.42. The monoisotopic (exact) mass is 354 g/mol. The lowest BCUT2D eigenvalue weighted by Gasteiger charge is -2.24. The molecule has 0 bridgehead atoms. The topological polar surface area (TPSA) is 72.1 Å². The number of amides is 1. The number of pyridine rings is 1. The Morgan fingerprint density at radius 2 is 2.32 bits per heavy atom. The molecule has 0 N–H and O–H groups in total. The van der Waals surface area contributed by atoms with Gasteiger partial charge in [0.2, 0.25) is 17.6 Å². The Kier molecular flexibility index (Phi) is 4.56. The first-order chi connectivity index (χ1) is 12.3. The molecule has 1 aliphatic rings. The van der Waals surface area contributed by atoms with E-state index in [9.17, 15) is 4.79 Å². The summed E-state index contributed by atoms with van der Waals surface area (Å²) in [5, 5.41) is 8.14. The Hall–Kier alpha value is -2.54. The highest BCUT2D eigenvalue weighted by Crippen LogP contribution is 2.33. The van der Waals surface area contributed by atoms with Crippen molar-refractivity contribution in [3.8, 4) is 11.5 Å². The van der Waals surface area contributed by atoms with Gasteiger partial charge in [-0.15, -0.1) is 0 Å². The molecule has 3 aromatic rings. The van der Waals surface area contributed by atoms with Gasteiger partial charge in [-0.25, -0.2) is 0 Å². The number of nitrogens with zero attached hydrogens (tertiary/aromatic N) is 4. The van der Waals surface area contributed by atoms with E-state index in [0.29, 0.717) is 30.3 Å². The molecule has 1 saturated heterocycles. The minimum absolute atomic E-state index is 0.145. The lowest BCUT2D eigenvalue weighted by molar-refractivity contribution is -0.132. The quantitative estimate of drug-likeness (QED) is 0.701. The van der Waals surface area contributed by atoms with E-state index in [1.165, 1.54) is 5.56 Å². The molecule has 7 heteroatoms. The fourth-order valence-electron chi connectivity index (χ4n) is 3.19. The van der Waals surface area contributed by atoms with Crippen LogP contribution in [0.4, 0.5) is 0 Å². The van der Waals surface area contributed by atoms with Gasteiger partial charge in [0, 0.05) is 25.6 Å². The number of thiophene rings is 1. The van der Waals surface area contributed by atoms with Crippen molar-refractivity contribution in [2.75, 3.05) is 6.54 Å². The van der Waals surface area contributed by atoms with Crippen molar-refractivity contribution in [1.29, 1.82) is 0 Å². The normalized spacial score (nSPS) is 17.1. The number of likely N-dealkylation sites (tertiary alicyclic amines) is 1. The van der Waals surface area contributed by atoms with Crippen LogP contribution in [0, 0.1) is 0 Å². The van der Waals surface area contributed by atoms with Crippen molar-refractivity contribution >= 4 is 17.2 Å². The molecule has 0 aliphatic carbocycles. The van der Waals surface area contributed by atoms with E-state index in [4.69, 9.17) is 4.52 Å². The SMILES string of the molecule is O=C(CCc1nc(-c2ccccn2)no1)N1CCC[C@H]1c1ccsc1. The molecule has 0 aromatic carbocycles. The standard InChI is InChI=1S/C18H18N4O2S/c23-17(22-10-3-5-15(22)13-8-11-25-12-13)7-6-16-20-18(21-24-16)14-4-1-2-9-19-14/h1-2,4,8-9,11-12,15H,3,5-7,10H2/t15-/m0/s1. The van der Waals surface area contributed by atoms with Crippen LogP contribution in [0.1, 0.15) is 36.8 Å². The summed E-state index contributed by atoms with van der Waals surface area (Å²) >= 11 is 1.67. The van der Waals surface area contributed by atoms with Gasteiger partial charge in [-0.2, -0.15) is 16.3 Å². The van der Waals surface area contributed by atoms with Gasteiger partial charge in [-0.05, 0) is 47.4 Å². The maximum absolute atomic E-state index is 12.6. The molecule has 4 rings (SSSR count). The largest absolute Gasteiger partial charge is 0.339 e. The van der Waals surface area contributed by atoms with Crippen LogP contribution >= 0.6 is 11.3 Å². The Morgan fingerprint density at radius 1 is 1.36 bits per heavy atom. The summed E-state index contributed by atoms with van der Waals surface area (Å²) in [6.07, 6.45) is 4.60. The average Bonchev–Trinajstić information content (AvgIpc) is 3.41. The second-order valence-electron chi connectivity index (χ2n) is 6.03. The molecular weight excluding hydrogens is 336 g/mol. The first-order valence-electron chi connectivity index (χ1n) is 8.37. The number of carbonyl (C=O) groups is 1. The molecule has 0 spiro atoms. The summed E-state index contributed by atoms with van der Waals surface area (Å²) in [6, 6.07) is 7.86. The van der Waals surface area contributed by atoms with Crippen LogP contribution in [0.15, 0.2) is 45.7 Å². The molecule has 1 aliphatic heterocycles. The molecule has 4 heterocycles. The predicted molar refractivity (Wildman–Crippen MR) is 93.9 cm³/mol. The molecule has 0 unspecified atom stereocenters. The highest BCUT2D eigenvalue weighted by molar-refractivity contribution is 7.07. The number of aromatic nitrogens is 3. The third kappa shape index (κ3) is 3.46. The fourth-order valence-corrected chi connectivity index (χ4v) is 3.90. The van der Waals surface area contributed by atoms with Gasteiger partial charge in [0.05, 0.1) is 6.04 Å². The zero-order valence-electron chi connectivity index (χ0n) is 13.7. The van der Waals surface area contributed by atoms with Gasteiger partial charge < -0.3 is 9.42 Å². The molecule has 0 saturated carbocycles. The number of carbonyl (C=O) groups excluding carboxylic acids is 1. The average molecular weight is 354 g/mol. The zero-order chi connectivity index (χ0) is 17.1. The van der Waals surface area contributed by atoms with E-state index in [-0.39, 0.29) is 11.9 Å². The molecule has 0 radical (unpaired) electrons. The number of aryl methyl sites for hydroxylation is 1. The van der Waals surface area contributed by atoms with E-state index in [2.05, 4.69) is 32.0 Å². The van der Waals surface area contributed by atoms with Crippen LogP contribution in [-0.2, 0) is 11.2 Å². The van der Waals surface area contributed by atoms with Gasteiger partial charge in [-0.1, -0.05) is 11.2 Å². The van der Waals surface area contributed by atoms with Crippen LogP contribution in [0.3, 0.4) is 0 Å². The molecule has 6 nitrogen and oxygen atoms in total. The van der Waals surface area contributed by atoms with Gasteiger partial charge >= 0.3 is 0 Å². The van der Waals surface area contributed by atoms with Crippen LogP contribution in [0.2, 0.25) is 0 Å². The van der Waals surface area contributed by atoms with Crippen molar-refractivity contribution in [3.05, 3.63) is 52.7 Å². The summed E-state index contributed by atoms with van der Waals surface area (Å²) in [4.78, 5) is 23.2. The van der Waals surface area contributed by atoms with Crippen molar-refractivity contribution in [1.82, 2.24) is 20.0 Å². The van der Waals surface area contributed by atoms with E-state index >= 15 is 0 Å². The third-order valence-corrected chi connectivity index (χ3v) is 5.12. The molecule has 25 heavy (non-hydrogen) atoms. The van der Waals surface area contributed by atoms with Gasteiger partial charge in [0.15, 0.2) is 0 Å². The van der Waals surface area contributed by atoms with Crippen molar-refractivity contribution in [2.24, 2.45) is 0 Å². The van der Waals surface area contributed by atoms with E-state index < -0.39 is 0 Å². The maximum Gasteiger partial charge on any atom is 0.227 e. The Morgan fingerprint density at radius 3 is 3.12 bits per heavy atom. The Labute approximate surface area is 149 Å². The lowest BCUT2D eigenvalue weighted by atomic mass is 10.1. The van der Waals surface area contributed by atoms with E-state index in [1.807, 2.05) is 23.1 Å². The molecule has 3 aromatic heterocycles. The van der Waals surface area contributed by atoms with Crippen molar-refractivity contribution < 1.29 is 9.32 Å². The predicted octanol–water partition coefficient (Wildman–Crippen LogP) is 3.49. The lowest BCUT2D eigenvalue weighted by Crippen LogP contribution is -2.30. The van der Waals surface area contributed by atoms with Crippen molar-refractivity contribution in [3.63, 3.8) is 0 Å². The van der Waals surface area contributed by atoms with Crippen molar-refractivity contribution in [2.45, 2.75) is 31.7 Å². The Balaban J connectivity index is 1.38. The summed E-state index contributed by atoms with van der Waals surface area (Å²) in [5.41, 5.74) is 1.91. The van der Waals surface area contributed by atoms with Gasteiger partial charge in [-0.3, -0.25) is 9.78 Å². The second-order valence-corrected chi connectivity index (χ2v) is 6.81. The molecule has 1 fully saturated rings. The summed E-state index contributed by atoms with van der Waals surface area (Å²) in [7, 11) is 0. The summed E-state index contributed by atoms with van der Waals surface area (Å²) in [6.45, 7) is 0.822. The van der Waals surface area contributed by atoms with Crippen LogP contribution in [0.5, 0.6) is 0 Å². The highest BCUT2D eigenvalue weighted by Gasteiger charge is 2.30. The van der Waals surface area contributed by atoms with Crippen LogP contribution in [0.25, 0.3) is 11.5 Å². The zero-order valence-corrected chi connectivity index (χ0v) is 14.5. The molecule has 1 atom stereocenters.